The molecule has 3 rings (SSSR count). The fourth-order valence-electron chi connectivity index (χ4n) is 2.13. The number of para-hydroxylation sites is 1. The van der Waals surface area contributed by atoms with E-state index in [2.05, 4.69) is 5.32 Å². The largest absolute Gasteiger partial charge is 0.441 e. The van der Waals surface area contributed by atoms with E-state index in [0.29, 0.717) is 5.88 Å². The van der Waals surface area contributed by atoms with Crippen LogP contribution in [0.3, 0.4) is 0 Å². The monoisotopic (exact) mass is 281 g/mol. The van der Waals surface area contributed by atoms with E-state index in [9.17, 15) is 4.79 Å². The number of carbonyl (C=O) groups is 1. The Bertz CT molecular complexity index is 716. The number of amides is 1. The van der Waals surface area contributed by atoms with Crippen molar-refractivity contribution in [3.05, 3.63) is 66.2 Å². The van der Waals surface area contributed by atoms with E-state index in [1.54, 1.807) is 6.07 Å². The first-order chi connectivity index (χ1) is 10.2. The summed E-state index contributed by atoms with van der Waals surface area (Å²) in [6, 6.07) is 18.9. The van der Waals surface area contributed by atoms with Gasteiger partial charge in [-0.05, 0) is 18.6 Å². The number of ether oxygens (including phenoxy) is 1. The van der Waals surface area contributed by atoms with Gasteiger partial charge in [-0.1, -0.05) is 48.5 Å². The molecular formula is C17H15NO3. The normalized spacial score (nSPS) is 12.0. The molecular weight excluding hydrogens is 266 g/mol. The maximum absolute atomic E-state index is 11.9. The zero-order valence-electron chi connectivity index (χ0n) is 11.6. The van der Waals surface area contributed by atoms with Crippen LogP contribution in [0.25, 0.3) is 11.0 Å². The maximum Gasteiger partial charge on any atom is 0.414 e. The molecule has 0 saturated heterocycles. The van der Waals surface area contributed by atoms with Crippen molar-refractivity contribution in [3.63, 3.8) is 0 Å². The van der Waals surface area contributed by atoms with Crippen LogP contribution in [-0.2, 0) is 4.74 Å². The zero-order valence-corrected chi connectivity index (χ0v) is 11.6. The van der Waals surface area contributed by atoms with E-state index in [0.717, 1.165) is 16.5 Å². The average molecular weight is 281 g/mol. The van der Waals surface area contributed by atoms with Crippen LogP contribution in [0.5, 0.6) is 0 Å². The molecule has 106 valence electrons. The quantitative estimate of drug-likeness (QED) is 0.754. The van der Waals surface area contributed by atoms with Crippen LogP contribution < -0.4 is 5.32 Å². The van der Waals surface area contributed by atoms with E-state index < -0.39 is 6.09 Å². The van der Waals surface area contributed by atoms with Gasteiger partial charge in [-0.25, -0.2) is 4.79 Å². The first kappa shape index (κ1) is 13.2. The van der Waals surface area contributed by atoms with Crippen LogP contribution in [0.1, 0.15) is 18.6 Å². The maximum atomic E-state index is 11.9. The Hall–Kier alpha value is -2.75. The zero-order chi connectivity index (χ0) is 14.7. The molecule has 4 nitrogen and oxygen atoms in total. The summed E-state index contributed by atoms with van der Waals surface area (Å²) >= 11 is 0. The van der Waals surface area contributed by atoms with Gasteiger partial charge in [-0.2, -0.15) is 0 Å². The Morgan fingerprint density at radius 3 is 2.57 bits per heavy atom. The molecule has 2 aromatic carbocycles. The minimum atomic E-state index is -0.537. The van der Waals surface area contributed by atoms with Gasteiger partial charge in [-0.15, -0.1) is 0 Å². The van der Waals surface area contributed by atoms with Crippen molar-refractivity contribution in [3.8, 4) is 0 Å². The van der Waals surface area contributed by atoms with E-state index in [1.165, 1.54) is 0 Å². The molecule has 0 aliphatic carbocycles. The van der Waals surface area contributed by atoms with Gasteiger partial charge in [0.15, 0.2) is 0 Å². The lowest BCUT2D eigenvalue weighted by atomic mass is 10.1. The molecule has 1 N–H and O–H groups in total. The van der Waals surface area contributed by atoms with Gasteiger partial charge in [0, 0.05) is 11.5 Å². The summed E-state index contributed by atoms with van der Waals surface area (Å²) < 4.78 is 10.8. The summed E-state index contributed by atoms with van der Waals surface area (Å²) in [5.41, 5.74) is 1.67. The third-order valence-electron chi connectivity index (χ3n) is 3.20. The molecule has 0 unspecified atom stereocenters. The van der Waals surface area contributed by atoms with Gasteiger partial charge >= 0.3 is 6.09 Å². The molecule has 1 aromatic heterocycles. The first-order valence-electron chi connectivity index (χ1n) is 6.73. The number of anilines is 1. The van der Waals surface area contributed by atoms with Crippen LogP contribution in [0.15, 0.2) is 65.1 Å². The van der Waals surface area contributed by atoms with Crippen LogP contribution in [0.2, 0.25) is 0 Å². The van der Waals surface area contributed by atoms with Crippen LogP contribution in [0, 0.1) is 0 Å². The predicted molar refractivity (Wildman–Crippen MR) is 81.2 cm³/mol. The lowest BCUT2D eigenvalue weighted by Gasteiger charge is -2.13. The van der Waals surface area contributed by atoms with Crippen molar-refractivity contribution in [2.75, 3.05) is 5.32 Å². The molecule has 0 bridgehead atoms. The molecule has 0 aliphatic heterocycles. The predicted octanol–water partition coefficient (Wildman–Crippen LogP) is 4.74. The number of fused-ring (bicyclic) bond motifs is 1. The Kier molecular flexibility index (Phi) is 3.60. The number of hydrogen-bond donors (Lipinski definition) is 1. The second kappa shape index (κ2) is 5.71. The number of benzene rings is 2. The van der Waals surface area contributed by atoms with Gasteiger partial charge in [0.05, 0.1) is 0 Å². The Balaban J connectivity index is 1.66. The van der Waals surface area contributed by atoms with Crippen LogP contribution in [0.4, 0.5) is 10.7 Å². The summed E-state index contributed by atoms with van der Waals surface area (Å²) in [5, 5.41) is 3.54. The molecule has 0 spiro atoms. The van der Waals surface area contributed by atoms with Gasteiger partial charge in [0.2, 0.25) is 5.88 Å². The number of nitrogens with one attached hydrogen (secondary N) is 1. The average Bonchev–Trinajstić information content (AvgIpc) is 2.90. The number of furan rings is 1. The minimum Gasteiger partial charge on any atom is -0.441 e. The molecule has 0 fully saturated rings. The van der Waals surface area contributed by atoms with Crippen molar-refractivity contribution >= 4 is 22.9 Å². The Labute approximate surface area is 122 Å². The second-order valence-electron chi connectivity index (χ2n) is 4.73. The van der Waals surface area contributed by atoms with Crippen LogP contribution in [-0.4, -0.2) is 6.09 Å². The van der Waals surface area contributed by atoms with E-state index in [4.69, 9.17) is 9.15 Å². The standard InChI is InChI=1S/C17H15NO3/c1-12(13-7-3-2-4-8-13)20-17(19)18-16-11-14-9-5-6-10-15(14)21-16/h2-12H,1H3,(H,18,19)/t12-/m1/s1. The lowest BCUT2D eigenvalue weighted by molar-refractivity contribution is 0.120. The third-order valence-corrected chi connectivity index (χ3v) is 3.20. The summed E-state index contributed by atoms with van der Waals surface area (Å²) in [6.45, 7) is 1.83. The molecule has 1 atom stereocenters. The lowest BCUT2D eigenvalue weighted by Crippen LogP contribution is -2.15. The highest BCUT2D eigenvalue weighted by Crippen LogP contribution is 2.23. The smallest absolute Gasteiger partial charge is 0.414 e. The Morgan fingerprint density at radius 2 is 1.81 bits per heavy atom. The van der Waals surface area contributed by atoms with Gasteiger partial charge < -0.3 is 9.15 Å². The molecule has 0 saturated carbocycles. The molecule has 3 aromatic rings. The summed E-state index contributed by atoms with van der Waals surface area (Å²) in [7, 11) is 0. The van der Waals surface area contributed by atoms with Gasteiger partial charge in [0.1, 0.15) is 11.7 Å². The summed E-state index contributed by atoms with van der Waals surface area (Å²) in [6.07, 6.45) is -0.860. The molecule has 0 aliphatic rings. The SMILES string of the molecule is C[C@@H](OC(=O)Nc1cc2ccccc2o1)c1ccccc1. The third kappa shape index (κ3) is 3.05. The fraction of sp³-hybridized carbons (Fsp3) is 0.118. The highest BCUT2D eigenvalue weighted by Gasteiger charge is 2.13. The van der Waals surface area contributed by atoms with Crippen molar-refractivity contribution < 1.29 is 13.9 Å². The van der Waals surface area contributed by atoms with Crippen molar-refractivity contribution in [1.82, 2.24) is 0 Å². The van der Waals surface area contributed by atoms with Crippen LogP contribution >= 0.6 is 0 Å². The van der Waals surface area contributed by atoms with Crippen molar-refractivity contribution in [2.24, 2.45) is 0 Å². The van der Waals surface area contributed by atoms with Crippen molar-refractivity contribution in [1.29, 1.82) is 0 Å². The summed E-state index contributed by atoms with van der Waals surface area (Å²) in [4.78, 5) is 11.9. The number of hydrogen-bond acceptors (Lipinski definition) is 3. The first-order valence-corrected chi connectivity index (χ1v) is 6.73. The van der Waals surface area contributed by atoms with E-state index in [-0.39, 0.29) is 6.10 Å². The molecule has 1 heterocycles. The molecule has 0 radical (unpaired) electrons. The number of rotatable bonds is 3. The summed E-state index contributed by atoms with van der Waals surface area (Å²) in [5.74, 6) is 0.376. The van der Waals surface area contributed by atoms with E-state index in [1.807, 2.05) is 61.5 Å². The van der Waals surface area contributed by atoms with Gasteiger partial charge in [0.25, 0.3) is 0 Å². The van der Waals surface area contributed by atoms with Gasteiger partial charge in [-0.3, -0.25) is 5.32 Å². The minimum absolute atomic E-state index is 0.324. The van der Waals surface area contributed by atoms with E-state index >= 15 is 0 Å². The fourth-order valence-corrected chi connectivity index (χ4v) is 2.13. The molecule has 1 amide bonds. The highest BCUT2D eigenvalue weighted by molar-refractivity contribution is 5.88. The number of carbonyl (C=O) groups excluding carboxylic acids is 1. The molecule has 4 heteroatoms. The van der Waals surface area contributed by atoms with Crippen molar-refractivity contribution in [2.45, 2.75) is 13.0 Å². The highest BCUT2D eigenvalue weighted by atomic mass is 16.6. The topological polar surface area (TPSA) is 51.5 Å². The Morgan fingerprint density at radius 1 is 1.10 bits per heavy atom. The molecule has 21 heavy (non-hydrogen) atoms. The second-order valence-corrected chi connectivity index (χ2v) is 4.73.